The van der Waals surface area contributed by atoms with E-state index in [-0.39, 0.29) is 5.54 Å². The fourth-order valence-corrected chi connectivity index (χ4v) is 3.22. The Balaban J connectivity index is 1.77. The maximum absolute atomic E-state index is 3.73. The molecule has 1 saturated heterocycles. The van der Waals surface area contributed by atoms with Gasteiger partial charge in [0.1, 0.15) is 0 Å². The molecule has 0 spiro atoms. The molecule has 0 amide bonds. The number of fused-ring (bicyclic) bond motifs is 1. The van der Waals surface area contributed by atoms with E-state index in [2.05, 4.69) is 31.4 Å². The van der Waals surface area contributed by atoms with Crippen LogP contribution < -0.4 is 10.6 Å². The topological polar surface area (TPSA) is 24.1 Å². The van der Waals surface area contributed by atoms with E-state index in [0.29, 0.717) is 6.04 Å². The molecule has 0 aromatic rings. The smallest absolute Gasteiger partial charge is 0.0195 e. The van der Waals surface area contributed by atoms with E-state index >= 15 is 0 Å². The SMILES string of the molecule is CC(C)(C)NC[C@@H]1CC2CCCCC2CN1. The lowest BCUT2D eigenvalue weighted by atomic mass is 9.73. The van der Waals surface area contributed by atoms with Crippen LogP contribution >= 0.6 is 0 Å². The summed E-state index contributed by atoms with van der Waals surface area (Å²) in [5.74, 6) is 2.00. The fraction of sp³-hybridized carbons (Fsp3) is 1.00. The standard InChI is InChI=1S/C14H28N2/c1-14(2,3)16-10-13-8-11-6-4-5-7-12(11)9-15-13/h11-13,15-16H,4-10H2,1-3H3/t11?,12?,13-/m0/s1. The molecule has 94 valence electrons. The van der Waals surface area contributed by atoms with Crippen molar-refractivity contribution in [1.82, 2.24) is 10.6 Å². The normalized spacial score (nSPS) is 35.8. The highest BCUT2D eigenvalue weighted by molar-refractivity contribution is 4.88. The number of hydrogen-bond acceptors (Lipinski definition) is 2. The maximum Gasteiger partial charge on any atom is 0.0195 e. The zero-order valence-electron chi connectivity index (χ0n) is 11.2. The number of piperidine rings is 1. The molecule has 2 heteroatoms. The van der Waals surface area contributed by atoms with Crippen LogP contribution in [0.25, 0.3) is 0 Å². The third kappa shape index (κ3) is 3.46. The van der Waals surface area contributed by atoms with Crippen LogP contribution in [0.15, 0.2) is 0 Å². The molecule has 1 heterocycles. The van der Waals surface area contributed by atoms with Crippen molar-refractivity contribution >= 4 is 0 Å². The first kappa shape index (κ1) is 12.4. The molecule has 0 radical (unpaired) electrons. The highest BCUT2D eigenvalue weighted by Gasteiger charge is 2.31. The molecule has 2 fully saturated rings. The van der Waals surface area contributed by atoms with Crippen LogP contribution in [-0.2, 0) is 0 Å². The lowest BCUT2D eigenvalue weighted by molar-refractivity contribution is 0.149. The Labute approximate surface area is 101 Å². The van der Waals surface area contributed by atoms with Crippen LogP contribution in [0.4, 0.5) is 0 Å². The van der Waals surface area contributed by atoms with E-state index in [4.69, 9.17) is 0 Å². The third-order valence-corrected chi connectivity index (χ3v) is 4.20. The van der Waals surface area contributed by atoms with Gasteiger partial charge in [-0.15, -0.1) is 0 Å². The van der Waals surface area contributed by atoms with E-state index < -0.39 is 0 Å². The summed E-state index contributed by atoms with van der Waals surface area (Å²) in [6.07, 6.45) is 7.29. The van der Waals surface area contributed by atoms with Crippen molar-refractivity contribution in [3.63, 3.8) is 0 Å². The molecular formula is C14H28N2. The van der Waals surface area contributed by atoms with Gasteiger partial charge in [-0.3, -0.25) is 0 Å². The van der Waals surface area contributed by atoms with Gasteiger partial charge in [0.2, 0.25) is 0 Å². The van der Waals surface area contributed by atoms with Gasteiger partial charge >= 0.3 is 0 Å². The maximum atomic E-state index is 3.73. The van der Waals surface area contributed by atoms with Gasteiger partial charge in [0, 0.05) is 18.1 Å². The number of rotatable bonds is 2. The summed E-state index contributed by atoms with van der Waals surface area (Å²) < 4.78 is 0. The summed E-state index contributed by atoms with van der Waals surface area (Å²) in [4.78, 5) is 0. The van der Waals surface area contributed by atoms with Crippen molar-refractivity contribution in [3.05, 3.63) is 0 Å². The second-order valence-corrected chi connectivity index (χ2v) is 6.78. The molecule has 0 aromatic carbocycles. The van der Waals surface area contributed by atoms with Gasteiger partial charge in [-0.25, -0.2) is 0 Å². The van der Waals surface area contributed by atoms with Gasteiger partial charge < -0.3 is 10.6 Å². The summed E-state index contributed by atoms with van der Waals surface area (Å²) in [5.41, 5.74) is 0.255. The zero-order valence-corrected chi connectivity index (χ0v) is 11.2. The summed E-state index contributed by atoms with van der Waals surface area (Å²) in [5, 5.41) is 7.35. The summed E-state index contributed by atoms with van der Waals surface area (Å²) in [6.45, 7) is 9.14. The lowest BCUT2D eigenvalue weighted by Crippen LogP contribution is -2.52. The van der Waals surface area contributed by atoms with Crippen molar-refractivity contribution in [2.75, 3.05) is 13.1 Å². The Morgan fingerprint density at radius 1 is 1.12 bits per heavy atom. The molecule has 2 unspecified atom stereocenters. The van der Waals surface area contributed by atoms with Crippen molar-refractivity contribution in [3.8, 4) is 0 Å². The average molecular weight is 224 g/mol. The Hall–Kier alpha value is -0.0800. The molecule has 1 aliphatic carbocycles. The molecule has 1 saturated carbocycles. The zero-order chi connectivity index (χ0) is 11.6. The molecule has 0 bridgehead atoms. The minimum Gasteiger partial charge on any atom is -0.312 e. The van der Waals surface area contributed by atoms with Crippen LogP contribution in [0.3, 0.4) is 0 Å². The quantitative estimate of drug-likeness (QED) is 0.753. The van der Waals surface area contributed by atoms with Crippen LogP contribution in [0.1, 0.15) is 52.9 Å². The van der Waals surface area contributed by atoms with Gasteiger partial charge in [0.25, 0.3) is 0 Å². The molecule has 16 heavy (non-hydrogen) atoms. The highest BCUT2D eigenvalue weighted by atomic mass is 15.0. The van der Waals surface area contributed by atoms with Crippen molar-refractivity contribution in [1.29, 1.82) is 0 Å². The highest BCUT2D eigenvalue weighted by Crippen LogP contribution is 2.35. The second kappa shape index (κ2) is 5.05. The number of nitrogens with one attached hydrogen (secondary N) is 2. The van der Waals surface area contributed by atoms with E-state index in [0.717, 1.165) is 18.4 Å². The van der Waals surface area contributed by atoms with Gasteiger partial charge in [0.05, 0.1) is 0 Å². The Bertz CT molecular complexity index is 219. The van der Waals surface area contributed by atoms with Crippen molar-refractivity contribution in [2.24, 2.45) is 11.8 Å². The van der Waals surface area contributed by atoms with E-state index in [1.807, 2.05) is 0 Å². The Morgan fingerprint density at radius 2 is 1.81 bits per heavy atom. The fourth-order valence-electron chi connectivity index (χ4n) is 3.22. The Morgan fingerprint density at radius 3 is 2.50 bits per heavy atom. The van der Waals surface area contributed by atoms with Crippen molar-refractivity contribution < 1.29 is 0 Å². The number of hydrogen-bond donors (Lipinski definition) is 2. The lowest BCUT2D eigenvalue weighted by Gasteiger charge is -2.40. The molecule has 2 nitrogen and oxygen atoms in total. The van der Waals surface area contributed by atoms with E-state index in [1.54, 1.807) is 0 Å². The summed E-state index contributed by atoms with van der Waals surface area (Å²) in [6, 6.07) is 0.707. The van der Waals surface area contributed by atoms with Gasteiger partial charge in [-0.05, 0) is 52.0 Å². The predicted octanol–water partition coefficient (Wildman–Crippen LogP) is 2.54. The monoisotopic (exact) mass is 224 g/mol. The largest absolute Gasteiger partial charge is 0.312 e. The van der Waals surface area contributed by atoms with Crippen LogP contribution in [-0.4, -0.2) is 24.7 Å². The summed E-state index contributed by atoms with van der Waals surface area (Å²) in [7, 11) is 0. The third-order valence-electron chi connectivity index (χ3n) is 4.20. The summed E-state index contributed by atoms with van der Waals surface area (Å²) >= 11 is 0. The first-order valence-electron chi connectivity index (χ1n) is 7.03. The van der Waals surface area contributed by atoms with Crippen LogP contribution in [0.5, 0.6) is 0 Å². The molecule has 2 rings (SSSR count). The van der Waals surface area contributed by atoms with Gasteiger partial charge in [-0.2, -0.15) is 0 Å². The first-order valence-corrected chi connectivity index (χ1v) is 7.03. The van der Waals surface area contributed by atoms with Gasteiger partial charge in [0.15, 0.2) is 0 Å². The van der Waals surface area contributed by atoms with Crippen molar-refractivity contribution in [2.45, 2.75) is 64.5 Å². The molecule has 3 atom stereocenters. The average Bonchev–Trinajstić information content (AvgIpc) is 2.25. The minimum atomic E-state index is 0.255. The molecule has 2 N–H and O–H groups in total. The van der Waals surface area contributed by atoms with Crippen LogP contribution in [0.2, 0.25) is 0 Å². The molecule has 1 aliphatic heterocycles. The minimum absolute atomic E-state index is 0.255. The van der Waals surface area contributed by atoms with E-state index in [9.17, 15) is 0 Å². The molecule has 2 aliphatic rings. The molecular weight excluding hydrogens is 196 g/mol. The first-order chi connectivity index (χ1) is 7.54. The molecule has 0 aromatic heterocycles. The second-order valence-electron chi connectivity index (χ2n) is 6.78. The Kier molecular flexibility index (Phi) is 3.91. The van der Waals surface area contributed by atoms with Crippen LogP contribution in [0, 0.1) is 11.8 Å². The van der Waals surface area contributed by atoms with Gasteiger partial charge in [-0.1, -0.05) is 19.3 Å². The van der Waals surface area contributed by atoms with E-state index in [1.165, 1.54) is 38.6 Å². The predicted molar refractivity (Wildman–Crippen MR) is 69.6 cm³/mol.